The van der Waals surface area contributed by atoms with Gasteiger partial charge in [-0.1, -0.05) is 0 Å². The van der Waals surface area contributed by atoms with Crippen LogP contribution in [0.5, 0.6) is 0 Å². The number of rotatable bonds is 4. The molecule has 104 valence electrons. The van der Waals surface area contributed by atoms with Gasteiger partial charge in [-0.15, -0.1) is 0 Å². The summed E-state index contributed by atoms with van der Waals surface area (Å²) in [6.07, 6.45) is 0. The molecule has 2 aromatic carbocycles. The zero-order chi connectivity index (χ0) is 14.6. The number of ketones is 1. The van der Waals surface area contributed by atoms with Crippen molar-refractivity contribution in [3.8, 4) is 0 Å². The van der Waals surface area contributed by atoms with E-state index in [0.717, 1.165) is 4.47 Å². The summed E-state index contributed by atoms with van der Waals surface area (Å²) in [5, 5.41) is 0. The van der Waals surface area contributed by atoms with Gasteiger partial charge in [0, 0.05) is 0 Å². The number of carbonyl (C=O) groups is 1. The fourth-order valence-electron chi connectivity index (χ4n) is 1.82. The molecule has 0 aliphatic rings. The second kappa shape index (κ2) is 6.57. The second-order valence-corrected chi connectivity index (χ2v) is 11.6. The summed E-state index contributed by atoms with van der Waals surface area (Å²) < 4.78 is 3.47. The number of hydrogen-bond acceptors (Lipinski definition) is 1. The van der Waals surface area contributed by atoms with Gasteiger partial charge in [-0.25, -0.2) is 0 Å². The van der Waals surface area contributed by atoms with Crippen LogP contribution in [-0.2, 0) is 4.79 Å². The number of benzene rings is 2. The van der Waals surface area contributed by atoms with E-state index in [1.165, 1.54) is 7.22 Å². The molecule has 0 aliphatic heterocycles. The third-order valence-corrected chi connectivity index (χ3v) is 9.54. The molecule has 1 nitrogen and oxygen atoms in total. The Morgan fingerprint density at radius 3 is 1.60 bits per heavy atom. The van der Waals surface area contributed by atoms with Gasteiger partial charge in [0.05, 0.1) is 0 Å². The van der Waals surface area contributed by atoms with Crippen LogP contribution < -0.4 is 7.22 Å². The first-order chi connectivity index (χ1) is 9.48. The first kappa shape index (κ1) is 15.3. The topological polar surface area (TPSA) is 17.1 Å². The molecule has 0 N–H and O–H groups in total. The number of carbonyl (C=O) groups excluding carboxylic acids is 1. The summed E-state index contributed by atoms with van der Waals surface area (Å²) >= 11 is -1.82. The molecule has 0 atom stereocenters. The molecule has 0 bridgehead atoms. The molecule has 0 radical (unpaired) electrons. The predicted molar refractivity (Wildman–Crippen MR) is 87.2 cm³/mol. The van der Waals surface area contributed by atoms with Crippen LogP contribution in [0, 0.1) is 5.41 Å². The number of hydrogen-bond donors (Lipinski definition) is 0. The van der Waals surface area contributed by atoms with E-state index in [0.29, 0.717) is 5.78 Å². The Hall–Kier alpha value is -1.10. The van der Waals surface area contributed by atoms with Crippen molar-refractivity contribution in [2.45, 2.75) is 25.2 Å². The summed E-state index contributed by atoms with van der Waals surface area (Å²) in [5.74, 6) is 0.377. The zero-order valence-electron chi connectivity index (χ0n) is 12.3. The first-order valence-corrected chi connectivity index (χ1v) is 10.8. The molecule has 0 fully saturated rings. The predicted octanol–water partition coefficient (Wildman–Crippen LogP) is 2.91. The van der Waals surface area contributed by atoms with Crippen LogP contribution in [0.15, 0.2) is 60.7 Å². The van der Waals surface area contributed by atoms with Crippen LogP contribution >= 0.6 is 0 Å². The zero-order valence-corrected chi connectivity index (χ0v) is 14.6. The van der Waals surface area contributed by atoms with E-state index in [4.69, 9.17) is 0 Å². The molecular formula is C18H21OTe+. The van der Waals surface area contributed by atoms with E-state index in [9.17, 15) is 4.79 Å². The van der Waals surface area contributed by atoms with Crippen molar-refractivity contribution < 1.29 is 4.79 Å². The maximum absolute atomic E-state index is 12.5. The molecule has 0 aromatic heterocycles. The van der Waals surface area contributed by atoms with E-state index >= 15 is 0 Å². The molecule has 2 aromatic rings. The van der Waals surface area contributed by atoms with Gasteiger partial charge in [-0.2, -0.15) is 0 Å². The van der Waals surface area contributed by atoms with Crippen LogP contribution in [0.3, 0.4) is 0 Å². The summed E-state index contributed by atoms with van der Waals surface area (Å²) in [4.78, 5) is 12.5. The van der Waals surface area contributed by atoms with E-state index in [2.05, 4.69) is 48.5 Å². The van der Waals surface area contributed by atoms with E-state index in [1.807, 2.05) is 32.9 Å². The summed E-state index contributed by atoms with van der Waals surface area (Å²) in [5.41, 5.74) is -0.247. The Morgan fingerprint density at radius 1 is 0.850 bits per heavy atom. The molecule has 2 rings (SSSR count). The van der Waals surface area contributed by atoms with Crippen molar-refractivity contribution in [2.24, 2.45) is 5.41 Å². The van der Waals surface area contributed by atoms with Crippen LogP contribution in [0.2, 0.25) is 4.47 Å². The van der Waals surface area contributed by atoms with Crippen LogP contribution in [0.4, 0.5) is 0 Å². The Kier molecular flexibility index (Phi) is 5.02. The molecule has 0 heterocycles. The van der Waals surface area contributed by atoms with Gasteiger partial charge in [-0.3, -0.25) is 0 Å². The van der Waals surface area contributed by atoms with E-state index < -0.39 is 19.6 Å². The number of Topliss-reactive ketones (excluding diaryl/α,β-unsaturated/α-hetero) is 1. The van der Waals surface area contributed by atoms with Gasteiger partial charge in [0.15, 0.2) is 0 Å². The van der Waals surface area contributed by atoms with Crippen LogP contribution in [0.25, 0.3) is 0 Å². The van der Waals surface area contributed by atoms with Gasteiger partial charge < -0.3 is 0 Å². The van der Waals surface area contributed by atoms with Gasteiger partial charge in [0.1, 0.15) is 0 Å². The third-order valence-electron chi connectivity index (χ3n) is 3.17. The minimum atomic E-state index is -1.82. The van der Waals surface area contributed by atoms with Crippen LogP contribution in [-0.4, -0.2) is 25.3 Å². The van der Waals surface area contributed by atoms with E-state index in [-0.39, 0.29) is 5.41 Å². The fraction of sp³-hybridized carbons (Fsp3) is 0.278. The molecule has 0 saturated heterocycles. The maximum atomic E-state index is 12.5. The first-order valence-electron chi connectivity index (χ1n) is 6.83. The SMILES string of the molecule is CC(C)(C)C(=O)C[Te+](c1ccccc1)c1ccccc1. The van der Waals surface area contributed by atoms with Crippen molar-refractivity contribution in [3.05, 3.63) is 60.7 Å². The average molecular weight is 381 g/mol. The molecule has 0 aliphatic carbocycles. The summed E-state index contributed by atoms with van der Waals surface area (Å²) in [6, 6.07) is 21.1. The van der Waals surface area contributed by atoms with Crippen LogP contribution in [0.1, 0.15) is 20.8 Å². The molecule has 0 unspecified atom stereocenters. The molecule has 20 heavy (non-hydrogen) atoms. The fourth-order valence-corrected chi connectivity index (χ4v) is 8.30. The van der Waals surface area contributed by atoms with Gasteiger partial charge >= 0.3 is 129 Å². The quantitative estimate of drug-likeness (QED) is 0.745. The van der Waals surface area contributed by atoms with Crippen molar-refractivity contribution in [3.63, 3.8) is 0 Å². The normalized spacial score (nSPS) is 11.6. The van der Waals surface area contributed by atoms with Crippen molar-refractivity contribution >= 4 is 32.6 Å². The molecular weight excluding hydrogens is 360 g/mol. The van der Waals surface area contributed by atoms with E-state index in [1.54, 1.807) is 0 Å². The summed E-state index contributed by atoms with van der Waals surface area (Å²) in [7, 11) is 0. The second-order valence-electron chi connectivity index (χ2n) is 5.83. The molecule has 0 saturated carbocycles. The van der Waals surface area contributed by atoms with Crippen molar-refractivity contribution in [1.29, 1.82) is 0 Å². The van der Waals surface area contributed by atoms with Crippen molar-refractivity contribution in [1.82, 2.24) is 0 Å². The average Bonchev–Trinajstić information content (AvgIpc) is 2.45. The Balaban J connectivity index is 2.34. The van der Waals surface area contributed by atoms with Gasteiger partial charge in [-0.05, 0) is 0 Å². The Morgan fingerprint density at radius 2 is 1.25 bits per heavy atom. The standard InChI is InChI=1S/C18H21OTe/c1-18(2,3)17(19)14-20(15-10-6-4-7-11-15)16-12-8-5-9-13-16/h4-13H,14H2,1-3H3/q+1. The monoisotopic (exact) mass is 383 g/mol. The van der Waals surface area contributed by atoms with Crippen molar-refractivity contribution in [2.75, 3.05) is 0 Å². The molecule has 0 spiro atoms. The Bertz CT molecular complexity index is 515. The Labute approximate surface area is 128 Å². The molecule has 0 amide bonds. The minimum absolute atomic E-state index is 0.247. The van der Waals surface area contributed by atoms with Gasteiger partial charge in [0.25, 0.3) is 0 Å². The van der Waals surface area contributed by atoms with Gasteiger partial charge in [0.2, 0.25) is 0 Å². The summed E-state index contributed by atoms with van der Waals surface area (Å²) in [6.45, 7) is 6.05. The molecule has 2 heteroatoms. The third kappa shape index (κ3) is 3.95.